The molecule has 96 valence electrons. The predicted molar refractivity (Wildman–Crippen MR) is 80.7 cm³/mol. The first-order valence-corrected chi connectivity index (χ1v) is 7.33. The highest BCUT2D eigenvalue weighted by Crippen LogP contribution is 2.34. The number of hydrogen-bond acceptors (Lipinski definition) is 3. The Morgan fingerprint density at radius 3 is 2.39 bits per heavy atom. The van der Waals surface area contributed by atoms with Gasteiger partial charge in [-0.1, -0.05) is 12.1 Å². The molecule has 1 atom stereocenters. The average molecular weight is 326 g/mol. The summed E-state index contributed by atoms with van der Waals surface area (Å²) in [5.41, 5.74) is 2.52. The zero-order valence-corrected chi connectivity index (χ0v) is 13.1. The van der Waals surface area contributed by atoms with E-state index in [0.29, 0.717) is 0 Å². The van der Waals surface area contributed by atoms with Crippen molar-refractivity contribution < 1.29 is 4.74 Å². The van der Waals surface area contributed by atoms with Crippen LogP contribution >= 0.6 is 27.3 Å². The molecule has 2 nitrogen and oxygen atoms in total. The van der Waals surface area contributed by atoms with Gasteiger partial charge in [-0.2, -0.15) is 0 Å². The van der Waals surface area contributed by atoms with Crippen LogP contribution in [0.5, 0.6) is 5.75 Å². The Hall–Kier alpha value is -0.840. The third kappa shape index (κ3) is 2.76. The fourth-order valence-corrected chi connectivity index (χ4v) is 3.60. The Labute approximate surface area is 120 Å². The van der Waals surface area contributed by atoms with Crippen molar-refractivity contribution in [2.45, 2.75) is 13.0 Å². The maximum absolute atomic E-state index is 5.19. The number of benzene rings is 1. The van der Waals surface area contributed by atoms with Crippen LogP contribution in [0.3, 0.4) is 0 Å². The molecule has 0 saturated heterocycles. The van der Waals surface area contributed by atoms with E-state index in [1.165, 1.54) is 19.8 Å². The van der Waals surface area contributed by atoms with Crippen molar-refractivity contribution in [3.05, 3.63) is 50.1 Å². The first-order chi connectivity index (χ1) is 8.65. The second kappa shape index (κ2) is 5.87. The van der Waals surface area contributed by atoms with Crippen molar-refractivity contribution in [3.63, 3.8) is 0 Å². The summed E-state index contributed by atoms with van der Waals surface area (Å²) in [6.45, 7) is 2.12. The first-order valence-electron chi connectivity index (χ1n) is 5.72. The molecule has 0 fully saturated rings. The number of rotatable bonds is 4. The summed E-state index contributed by atoms with van der Waals surface area (Å²) in [4.78, 5) is 1.31. The quantitative estimate of drug-likeness (QED) is 0.912. The van der Waals surface area contributed by atoms with Gasteiger partial charge in [0.25, 0.3) is 0 Å². The molecule has 0 amide bonds. The molecule has 1 N–H and O–H groups in total. The molecular formula is C14H16BrNOS. The second-order valence-electron chi connectivity index (χ2n) is 4.10. The average Bonchev–Trinajstić information content (AvgIpc) is 2.71. The lowest BCUT2D eigenvalue weighted by Crippen LogP contribution is -2.16. The largest absolute Gasteiger partial charge is 0.497 e. The van der Waals surface area contributed by atoms with E-state index in [1.807, 2.05) is 19.2 Å². The Balaban J connectivity index is 2.32. The maximum Gasteiger partial charge on any atom is 0.118 e. The molecule has 18 heavy (non-hydrogen) atoms. The van der Waals surface area contributed by atoms with Crippen molar-refractivity contribution in [1.29, 1.82) is 0 Å². The summed E-state index contributed by atoms with van der Waals surface area (Å²) in [5.74, 6) is 0.886. The lowest BCUT2D eigenvalue weighted by Gasteiger charge is -2.15. The predicted octanol–water partition coefficient (Wildman–Crippen LogP) is 4.14. The Kier molecular flexibility index (Phi) is 4.43. The van der Waals surface area contributed by atoms with E-state index >= 15 is 0 Å². The van der Waals surface area contributed by atoms with Crippen molar-refractivity contribution in [2.24, 2.45) is 0 Å². The van der Waals surface area contributed by atoms with E-state index in [0.717, 1.165) is 5.75 Å². The zero-order chi connectivity index (χ0) is 13.1. The minimum atomic E-state index is 0.228. The summed E-state index contributed by atoms with van der Waals surface area (Å²) < 4.78 is 6.39. The fraction of sp³-hybridized carbons (Fsp3) is 0.286. The monoisotopic (exact) mass is 325 g/mol. The van der Waals surface area contributed by atoms with E-state index in [1.54, 1.807) is 18.4 Å². The van der Waals surface area contributed by atoms with E-state index < -0.39 is 0 Å². The number of methoxy groups -OCH3 is 1. The van der Waals surface area contributed by atoms with Crippen molar-refractivity contribution in [3.8, 4) is 5.75 Å². The highest BCUT2D eigenvalue weighted by atomic mass is 79.9. The van der Waals surface area contributed by atoms with Crippen LogP contribution in [0.25, 0.3) is 0 Å². The number of thiophene rings is 1. The van der Waals surface area contributed by atoms with Crippen LogP contribution in [0.15, 0.2) is 34.1 Å². The molecule has 0 saturated carbocycles. The Morgan fingerprint density at radius 1 is 1.28 bits per heavy atom. The first kappa shape index (κ1) is 13.6. The van der Waals surface area contributed by atoms with Crippen LogP contribution in [0.4, 0.5) is 0 Å². The minimum Gasteiger partial charge on any atom is -0.497 e. The minimum absolute atomic E-state index is 0.228. The second-order valence-corrected chi connectivity index (χ2v) is 6.50. The van der Waals surface area contributed by atoms with Gasteiger partial charge < -0.3 is 10.1 Å². The zero-order valence-electron chi connectivity index (χ0n) is 10.7. The van der Waals surface area contributed by atoms with Crippen LogP contribution in [0.1, 0.15) is 22.0 Å². The molecule has 1 aromatic heterocycles. The Morgan fingerprint density at radius 2 is 1.94 bits per heavy atom. The van der Waals surface area contributed by atoms with Gasteiger partial charge in [-0.25, -0.2) is 0 Å². The number of halogens is 1. The lowest BCUT2D eigenvalue weighted by molar-refractivity contribution is 0.414. The fourth-order valence-electron chi connectivity index (χ4n) is 1.90. The van der Waals surface area contributed by atoms with Gasteiger partial charge in [0.15, 0.2) is 0 Å². The van der Waals surface area contributed by atoms with Gasteiger partial charge in [0, 0.05) is 4.88 Å². The van der Waals surface area contributed by atoms with Crippen molar-refractivity contribution >= 4 is 27.3 Å². The molecule has 1 aromatic carbocycles. The molecule has 0 aliphatic carbocycles. The standard InChI is InChI=1S/C14H16BrNOS/c1-9-8-12(18-14(9)15)13(16-2)10-4-6-11(17-3)7-5-10/h4-8,13,16H,1-3H3. The van der Waals surface area contributed by atoms with E-state index in [9.17, 15) is 0 Å². The van der Waals surface area contributed by atoms with E-state index in [-0.39, 0.29) is 6.04 Å². The molecule has 1 unspecified atom stereocenters. The van der Waals surface area contributed by atoms with Gasteiger partial charge >= 0.3 is 0 Å². The molecule has 2 rings (SSSR count). The molecule has 4 heteroatoms. The summed E-state index contributed by atoms with van der Waals surface area (Å²) in [5, 5.41) is 3.36. The molecule has 0 radical (unpaired) electrons. The molecule has 0 bridgehead atoms. The molecule has 0 spiro atoms. The van der Waals surface area contributed by atoms with E-state index in [4.69, 9.17) is 4.74 Å². The maximum atomic E-state index is 5.19. The molecule has 0 aliphatic rings. The van der Waals surface area contributed by atoms with Gasteiger partial charge in [-0.05, 0) is 59.2 Å². The third-order valence-electron chi connectivity index (χ3n) is 2.90. The van der Waals surface area contributed by atoms with Crippen LogP contribution in [-0.2, 0) is 0 Å². The molecule has 1 heterocycles. The smallest absolute Gasteiger partial charge is 0.118 e. The number of ether oxygens (including phenoxy) is 1. The summed E-state index contributed by atoms with van der Waals surface area (Å²) >= 11 is 5.35. The number of aryl methyl sites for hydroxylation is 1. The highest BCUT2D eigenvalue weighted by molar-refractivity contribution is 9.11. The summed E-state index contributed by atoms with van der Waals surface area (Å²) in [7, 11) is 3.67. The molecule has 2 aromatic rings. The summed E-state index contributed by atoms with van der Waals surface area (Å²) in [6.07, 6.45) is 0. The number of nitrogens with one attached hydrogen (secondary N) is 1. The van der Waals surface area contributed by atoms with Crippen LogP contribution in [0, 0.1) is 6.92 Å². The number of hydrogen-bond donors (Lipinski definition) is 1. The molecule has 0 aliphatic heterocycles. The van der Waals surface area contributed by atoms with Gasteiger partial charge in [0.2, 0.25) is 0 Å². The van der Waals surface area contributed by atoms with Crippen LogP contribution in [-0.4, -0.2) is 14.2 Å². The lowest BCUT2D eigenvalue weighted by atomic mass is 10.1. The SMILES string of the molecule is CNC(c1ccc(OC)cc1)c1cc(C)c(Br)s1. The topological polar surface area (TPSA) is 21.3 Å². The van der Waals surface area contributed by atoms with Gasteiger partial charge in [0.05, 0.1) is 16.9 Å². The van der Waals surface area contributed by atoms with Gasteiger partial charge in [-0.15, -0.1) is 11.3 Å². The Bertz CT molecular complexity index is 502. The van der Waals surface area contributed by atoms with Crippen molar-refractivity contribution in [2.75, 3.05) is 14.2 Å². The van der Waals surface area contributed by atoms with Crippen LogP contribution in [0.2, 0.25) is 0 Å². The van der Waals surface area contributed by atoms with Gasteiger partial charge in [0.1, 0.15) is 5.75 Å². The normalized spacial score (nSPS) is 12.4. The van der Waals surface area contributed by atoms with Crippen LogP contribution < -0.4 is 10.1 Å². The van der Waals surface area contributed by atoms with Crippen molar-refractivity contribution in [1.82, 2.24) is 5.32 Å². The van der Waals surface area contributed by atoms with E-state index in [2.05, 4.69) is 46.4 Å². The van der Waals surface area contributed by atoms with Gasteiger partial charge in [-0.3, -0.25) is 0 Å². The summed E-state index contributed by atoms with van der Waals surface area (Å²) in [6, 6.07) is 10.6. The third-order valence-corrected chi connectivity index (χ3v) is 5.10. The highest BCUT2D eigenvalue weighted by Gasteiger charge is 2.15. The molecular weight excluding hydrogens is 310 g/mol.